The number of alkyl halides is 3. The van der Waals surface area contributed by atoms with Crippen LogP contribution in [-0.2, 0) is 6.18 Å². The van der Waals surface area contributed by atoms with Gasteiger partial charge in [-0.3, -0.25) is 0 Å². The van der Waals surface area contributed by atoms with Gasteiger partial charge in [0.15, 0.2) is 0 Å². The van der Waals surface area contributed by atoms with E-state index in [2.05, 4.69) is 27.1 Å². The molecule has 1 aromatic rings. The lowest BCUT2D eigenvalue weighted by atomic mass is 10.2. The summed E-state index contributed by atoms with van der Waals surface area (Å²) in [5.74, 6) is 0.278. The highest BCUT2D eigenvalue weighted by molar-refractivity contribution is 5.36. The minimum atomic E-state index is -4.40. The summed E-state index contributed by atoms with van der Waals surface area (Å²) in [5.41, 5.74) is -0.858. The van der Waals surface area contributed by atoms with Crippen LogP contribution in [0.4, 0.5) is 19.0 Å². The number of halogens is 3. The molecule has 1 aliphatic heterocycles. The molecular formula is C15H23F3N4. The number of hydrogen-bond donors (Lipinski definition) is 1. The zero-order valence-corrected chi connectivity index (χ0v) is 13.0. The Bertz CT molecular complexity index is 470. The monoisotopic (exact) mass is 316 g/mol. The van der Waals surface area contributed by atoms with E-state index in [1.54, 1.807) is 6.07 Å². The molecule has 2 heterocycles. The second kappa shape index (κ2) is 7.28. The molecule has 1 fully saturated rings. The van der Waals surface area contributed by atoms with E-state index in [4.69, 9.17) is 0 Å². The molecule has 22 heavy (non-hydrogen) atoms. The van der Waals surface area contributed by atoms with E-state index in [9.17, 15) is 13.2 Å². The third-order valence-electron chi connectivity index (χ3n) is 3.91. The molecule has 0 bridgehead atoms. The van der Waals surface area contributed by atoms with Crippen molar-refractivity contribution < 1.29 is 13.2 Å². The van der Waals surface area contributed by atoms with Gasteiger partial charge in [0, 0.05) is 38.8 Å². The molecular weight excluding hydrogens is 293 g/mol. The zero-order chi connectivity index (χ0) is 16.2. The van der Waals surface area contributed by atoms with E-state index < -0.39 is 11.9 Å². The number of likely N-dealkylation sites (N-methyl/N-ethyl adjacent to an activating group) is 1. The highest BCUT2D eigenvalue weighted by Gasteiger charge is 2.32. The van der Waals surface area contributed by atoms with Crippen LogP contribution in [0, 0.1) is 0 Å². The zero-order valence-electron chi connectivity index (χ0n) is 13.0. The third kappa shape index (κ3) is 5.14. The normalized spacial score (nSPS) is 19.1. The summed E-state index contributed by atoms with van der Waals surface area (Å²) < 4.78 is 37.9. The summed E-state index contributed by atoms with van der Waals surface area (Å²) in [4.78, 5) is 8.32. The number of nitrogens with zero attached hydrogens (tertiary/aromatic N) is 3. The molecule has 0 spiro atoms. The van der Waals surface area contributed by atoms with Crippen LogP contribution in [0.25, 0.3) is 0 Å². The Morgan fingerprint density at radius 2 is 1.91 bits per heavy atom. The topological polar surface area (TPSA) is 31.4 Å². The van der Waals surface area contributed by atoms with Gasteiger partial charge in [-0.1, -0.05) is 6.07 Å². The van der Waals surface area contributed by atoms with E-state index in [-0.39, 0.29) is 11.9 Å². The van der Waals surface area contributed by atoms with E-state index in [0.29, 0.717) is 0 Å². The van der Waals surface area contributed by atoms with Gasteiger partial charge in [0.2, 0.25) is 0 Å². The van der Waals surface area contributed by atoms with E-state index in [1.807, 2.05) is 6.92 Å². The predicted octanol–water partition coefficient (Wildman–Crippen LogP) is 2.54. The lowest BCUT2D eigenvalue weighted by molar-refractivity contribution is -0.141. The molecule has 0 aromatic carbocycles. The number of pyridine rings is 1. The van der Waals surface area contributed by atoms with Crippen LogP contribution in [0.5, 0.6) is 0 Å². The minimum Gasteiger partial charge on any atom is -0.368 e. The number of hydrogen-bond acceptors (Lipinski definition) is 4. The average Bonchev–Trinajstić information content (AvgIpc) is 2.46. The highest BCUT2D eigenvalue weighted by Crippen LogP contribution is 2.28. The molecule has 1 atom stereocenters. The molecule has 4 nitrogen and oxygen atoms in total. The number of rotatable bonds is 5. The van der Waals surface area contributed by atoms with Crippen LogP contribution in [0.15, 0.2) is 18.2 Å². The summed E-state index contributed by atoms with van der Waals surface area (Å²) in [6.45, 7) is 7.14. The quantitative estimate of drug-likeness (QED) is 0.904. The van der Waals surface area contributed by atoms with Crippen LogP contribution in [0.3, 0.4) is 0 Å². The second-order valence-corrected chi connectivity index (χ2v) is 5.88. The third-order valence-corrected chi connectivity index (χ3v) is 3.91. The van der Waals surface area contributed by atoms with Crippen LogP contribution in [0.1, 0.15) is 19.0 Å². The Hall–Kier alpha value is -1.34. The van der Waals surface area contributed by atoms with Crippen LogP contribution >= 0.6 is 0 Å². The van der Waals surface area contributed by atoms with Crippen molar-refractivity contribution in [2.75, 3.05) is 45.1 Å². The summed E-state index contributed by atoms with van der Waals surface area (Å²) in [6, 6.07) is 4.02. The van der Waals surface area contributed by atoms with Crippen molar-refractivity contribution in [2.24, 2.45) is 0 Å². The van der Waals surface area contributed by atoms with Gasteiger partial charge in [-0.25, -0.2) is 4.98 Å². The molecule has 0 radical (unpaired) electrons. The summed E-state index contributed by atoms with van der Waals surface area (Å²) in [7, 11) is 2.11. The summed E-state index contributed by atoms with van der Waals surface area (Å²) in [6.07, 6.45) is -3.53. The fourth-order valence-corrected chi connectivity index (χ4v) is 2.45. The lowest BCUT2D eigenvalue weighted by Gasteiger charge is -2.33. The highest BCUT2D eigenvalue weighted by atomic mass is 19.4. The largest absolute Gasteiger partial charge is 0.433 e. The van der Waals surface area contributed by atoms with Crippen molar-refractivity contribution in [1.82, 2.24) is 14.8 Å². The molecule has 2 rings (SSSR count). The molecule has 1 N–H and O–H groups in total. The predicted molar refractivity (Wildman–Crippen MR) is 80.9 cm³/mol. The molecule has 0 unspecified atom stereocenters. The maximum absolute atomic E-state index is 12.6. The van der Waals surface area contributed by atoms with Crippen LogP contribution in [0.2, 0.25) is 0 Å². The number of nitrogens with one attached hydrogen (secondary N) is 1. The first-order valence-electron chi connectivity index (χ1n) is 7.56. The molecule has 1 aliphatic rings. The fraction of sp³-hybridized carbons (Fsp3) is 0.667. The molecule has 0 amide bonds. The van der Waals surface area contributed by atoms with Crippen LogP contribution in [-0.4, -0.2) is 60.6 Å². The first kappa shape index (κ1) is 17.0. The average molecular weight is 316 g/mol. The number of aromatic nitrogens is 1. The Morgan fingerprint density at radius 3 is 2.55 bits per heavy atom. The molecule has 1 aromatic heterocycles. The van der Waals surface area contributed by atoms with Crippen LogP contribution < -0.4 is 5.32 Å². The fourth-order valence-electron chi connectivity index (χ4n) is 2.45. The molecule has 0 aliphatic carbocycles. The Labute approximate surface area is 129 Å². The van der Waals surface area contributed by atoms with Gasteiger partial charge in [-0.2, -0.15) is 13.2 Å². The Balaban J connectivity index is 1.80. The maximum Gasteiger partial charge on any atom is 0.433 e. The maximum atomic E-state index is 12.6. The number of piperazine rings is 1. The van der Waals surface area contributed by atoms with Gasteiger partial charge in [-0.15, -0.1) is 0 Å². The van der Waals surface area contributed by atoms with Crippen molar-refractivity contribution >= 4 is 5.82 Å². The lowest BCUT2D eigenvalue weighted by Crippen LogP contribution is -2.45. The molecule has 1 saturated heterocycles. The van der Waals surface area contributed by atoms with E-state index in [1.165, 1.54) is 6.07 Å². The van der Waals surface area contributed by atoms with Crippen molar-refractivity contribution in [3.8, 4) is 0 Å². The smallest absolute Gasteiger partial charge is 0.368 e. The minimum absolute atomic E-state index is 0.0793. The first-order valence-corrected chi connectivity index (χ1v) is 7.56. The van der Waals surface area contributed by atoms with Crippen molar-refractivity contribution in [3.05, 3.63) is 23.9 Å². The van der Waals surface area contributed by atoms with E-state index >= 15 is 0 Å². The van der Waals surface area contributed by atoms with Crippen molar-refractivity contribution in [2.45, 2.75) is 25.6 Å². The second-order valence-electron chi connectivity index (χ2n) is 5.88. The van der Waals surface area contributed by atoms with Crippen molar-refractivity contribution in [1.29, 1.82) is 0 Å². The van der Waals surface area contributed by atoms with Gasteiger partial charge in [0.05, 0.1) is 0 Å². The van der Waals surface area contributed by atoms with Gasteiger partial charge < -0.3 is 15.1 Å². The standard InChI is InChI=1S/C15H23F3N4/c1-12(6-7-22-10-8-21(2)9-11-22)19-14-5-3-4-13(20-14)15(16,17)18/h3-5,12H,6-11H2,1-2H3,(H,19,20)/t12-/m1/s1. The molecule has 124 valence electrons. The number of anilines is 1. The Kier molecular flexibility index (Phi) is 5.63. The van der Waals surface area contributed by atoms with Crippen molar-refractivity contribution in [3.63, 3.8) is 0 Å². The Morgan fingerprint density at radius 1 is 1.23 bits per heavy atom. The summed E-state index contributed by atoms with van der Waals surface area (Å²) >= 11 is 0. The van der Waals surface area contributed by atoms with Gasteiger partial charge in [0.1, 0.15) is 11.5 Å². The molecule has 7 heteroatoms. The first-order chi connectivity index (χ1) is 10.3. The SMILES string of the molecule is C[C@H](CCN1CCN(C)CC1)Nc1cccc(C(F)(F)F)n1. The van der Waals surface area contributed by atoms with Gasteiger partial charge in [-0.05, 0) is 32.5 Å². The summed E-state index contributed by atoms with van der Waals surface area (Å²) in [5, 5.41) is 3.05. The van der Waals surface area contributed by atoms with E-state index in [0.717, 1.165) is 45.2 Å². The van der Waals surface area contributed by atoms with Gasteiger partial charge >= 0.3 is 6.18 Å². The molecule has 0 saturated carbocycles. The van der Waals surface area contributed by atoms with Gasteiger partial charge in [0.25, 0.3) is 0 Å².